The summed E-state index contributed by atoms with van der Waals surface area (Å²) in [5.41, 5.74) is 3.71. The van der Waals surface area contributed by atoms with E-state index in [0.717, 1.165) is 56.0 Å². The van der Waals surface area contributed by atoms with Gasteiger partial charge in [-0.15, -0.1) is 0 Å². The topological polar surface area (TPSA) is 54.0 Å². The normalized spacial score (nSPS) is 16.7. The van der Waals surface area contributed by atoms with E-state index in [1.54, 1.807) is 19.2 Å². The highest BCUT2D eigenvalue weighted by atomic mass is 19.1. The maximum Gasteiger partial charge on any atom is 0.229 e. The number of likely N-dealkylation sites (N-methyl/N-ethyl adjacent to an activating group) is 1. The van der Waals surface area contributed by atoms with Crippen LogP contribution in [-0.4, -0.2) is 66.6 Å². The van der Waals surface area contributed by atoms with Crippen LogP contribution in [0.3, 0.4) is 0 Å². The Morgan fingerprint density at radius 1 is 0.971 bits per heavy atom. The second kappa shape index (κ2) is 10.2. The molecule has 0 radical (unpaired) electrons. The minimum absolute atomic E-state index is 0.173. The van der Waals surface area contributed by atoms with Gasteiger partial charge in [0.15, 0.2) is 11.5 Å². The van der Waals surface area contributed by atoms with Crippen molar-refractivity contribution in [2.24, 2.45) is 0 Å². The maximum atomic E-state index is 14.5. The minimum atomic E-state index is -0.173. The van der Waals surface area contributed by atoms with Crippen LogP contribution in [-0.2, 0) is 19.5 Å². The number of nitrogens with zero attached hydrogens (tertiary/aromatic N) is 5. The molecule has 0 N–H and O–H groups in total. The first-order valence-electron chi connectivity index (χ1n) is 12.1. The summed E-state index contributed by atoms with van der Waals surface area (Å²) in [4.78, 5) is 16.6. The van der Waals surface area contributed by atoms with Crippen LogP contribution in [0.4, 0.5) is 10.3 Å². The molecule has 1 aromatic heterocycles. The Hall–Kier alpha value is -3.23. The molecule has 8 heteroatoms. The molecule has 0 atom stereocenters. The predicted molar refractivity (Wildman–Crippen MR) is 134 cm³/mol. The van der Waals surface area contributed by atoms with E-state index in [0.29, 0.717) is 42.0 Å². The lowest BCUT2D eigenvalue weighted by Gasteiger charge is -2.34. The fraction of sp³-hybridized carbons (Fsp3) is 0.407. The van der Waals surface area contributed by atoms with Crippen LogP contribution in [0.25, 0.3) is 0 Å². The Balaban J connectivity index is 1.47. The van der Waals surface area contributed by atoms with Crippen LogP contribution in [0, 0.1) is 12.7 Å². The van der Waals surface area contributed by atoms with E-state index in [2.05, 4.69) is 21.7 Å². The van der Waals surface area contributed by atoms with E-state index in [9.17, 15) is 4.39 Å². The van der Waals surface area contributed by atoms with Gasteiger partial charge in [0.1, 0.15) is 5.82 Å². The number of halogens is 1. The van der Waals surface area contributed by atoms with Gasteiger partial charge in [-0.3, -0.25) is 4.90 Å². The molecule has 0 amide bonds. The summed E-state index contributed by atoms with van der Waals surface area (Å²) in [6, 6.07) is 12.9. The first kappa shape index (κ1) is 23.5. The van der Waals surface area contributed by atoms with Gasteiger partial charge in [0.25, 0.3) is 0 Å². The highest BCUT2D eigenvalue weighted by Crippen LogP contribution is 2.36. The summed E-state index contributed by atoms with van der Waals surface area (Å²) in [5.74, 6) is 2.34. The molecule has 2 aliphatic heterocycles. The number of aryl methyl sites for hydroxylation is 1. The summed E-state index contributed by atoms with van der Waals surface area (Å²) in [6.07, 6.45) is 0.758. The largest absolute Gasteiger partial charge is 0.493 e. The first-order chi connectivity index (χ1) is 17.0. The highest BCUT2D eigenvalue weighted by Gasteiger charge is 2.27. The third-order valence-electron chi connectivity index (χ3n) is 6.75. The number of anilines is 1. The van der Waals surface area contributed by atoms with Crippen LogP contribution in [0.15, 0.2) is 42.5 Å². The molecule has 2 aromatic carbocycles. The number of methoxy groups -OCH3 is 1. The summed E-state index contributed by atoms with van der Waals surface area (Å²) >= 11 is 0. The molecule has 5 rings (SSSR count). The standard InChI is InChI=1S/C27H32FN5O2/c1-19-8-9-22(28)20(16-19)17-32-11-10-23-21(18-32)26(35-25-7-5-4-6-24(25)34-3)30-27(29-23)33-14-12-31(2)13-15-33/h4-9,16H,10-15,17-18H2,1-3H3. The number of aromatic nitrogens is 2. The van der Waals surface area contributed by atoms with Gasteiger partial charge in [-0.05, 0) is 32.2 Å². The van der Waals surface area contributed by atoms with E-state index < -0.39 is 0 Å². The molecule has 1 saturated heterocycles. The van der Waals surface area contributed by atoms with Gasteiger partial charge < -0.3 is 19.3 Å². The van der Waals surface area contributed by atoms with Crippen LogP contribution >= 0.6 is 0 Å². The molecule has 7 nitrogen and oxygen atoms in total. The van der Waals surface area contributed by atoms with Crippen LogP contribution in [0.1, 0.15) is 22.4 Å². The number of rotatable bonds is 6. The fourth-order valence-corrected chi connectivity index (χ4v) is 4.67. The van der Waals surface area contributed by atoms with E-state index in [1.165, 1.54) is 0 Å². The maximum absolute atomic E-state index is 14.5. The van der Waals surface area contributed by atoms with Crippen molar-refractivity contribution in [2.45, 2.75) is 26.4 Å². The van der Waals surface area contributed by atoms with Gasteiger partial charge in [0, 0.05) is 57.8 Å². The molecule has 0 aliphatic carbocycles. The average Bonchev–Trinajstić information content (AvgIpc) is 2.87. The Morgan fingerprint density at radius 2 is 1.74 bits per heavy atom. The minimum Gasteiger partial charge on any atom is -0.493 e. The lowest BCUT2D eigenvalue weighted by atomic mass is 10.0. The molecular weight excluding hydrogens is 445 g/mol. The Bertz CT molecular complexity index is 1200. The molecular formula is C27H32FN5O2. The number of para-hydroxylation sites is 2. The van der Waals surface area contributed by atoms with Gasteiger partial charge in [0.05, 0.1) is 18.4 Å². The monoisotopic (exact) mass is 477 g/mol. The number of fused-ring (bicyclic) bond motifs is 1. The predicted octanol–water partition coefficient (Wildman–Crippen LogP) is 4.04. The molecule has 0 bridgehead atoms. The molecule has 1 fully saturated rings. The summed E-state index contributed by atoms with van der Waals surface area (Å²) < 4.78 is 26.3. The van der Waals surface area contributed by atoms with E-state index in [-0.39, 0.29) is 5.82 Å². The van der Waals surface area contributed by atoms with Crippen LogP contribution in [0.5, 0.6) is 17.4 Å². The lowest BCUT2D eigenvalue weighted by Crippen LogP contribution is -2.45. The summed E-state index contributed by atoms with van der Waals surface area (Å²) in [7, 11) is 3.76. The number of piperazine rings is 1. The van der Waals surface area contributed by atoms with Crippen molar-refractivity contribution in [1.29, 1.82) is 0 Å². The SMILES string of the molecule is COc1ccccc1Oc1nc(N2CCN(C)CC2)nc2c1CN(Cc1cc(C)ccc1F)CC2. The first-order valence-corrected chi connectivity index (χ1v) is 12.1. The zero-order valence-electron chi connectivity index (χ0n) is 20.6. The molecule has 184 valence electrons. The van der Waals surface area contributed by atoms with Gasteiger partial charge in [-0.1, -0.05) is 29.8 Å². The molecule has 35 heavy (non-hydrogen) atoms. The average molecular weight is 478 g/mol. The zero-order chi connectivity index (χ0) is 24.4. The molecule has 3 aromatic rings. The number of hydrogen-bond acceptors (Lipinski definition) is 7. The highest BCUT2D eigenvalue weighted by molar-refractivity contribution is 5.47. The third-order valence-corrected chi connectivity index (χ3v) is 6.75. The Morgan fingerprint density at radius 3 is 2.51 bits per heavy atom. The number of benzene rings is 2. The second-order valence-electron chi connectivity index (χ2n) is 9.35. The van der Waals surface area contributed by atoms with Gasteiger partial charge in [-0.2, -0.15) is 4.98 Å². The third kappa shape index (κ3) is 5.23. The second-order valence-corrected chi connectivity index (χ2v) is 9.35. The van der Waals surface area contributed by atoms with E-state index in [1.807, 2.05) is 37.3 Å². The summed E-state index contributed by atoms with van der Waals surface area (Å²) in [5, 5.41) is 0. The van der Waals surface area contributed by atoms with E-state index in [4.69, 9.17) is 19.4 Å². The number of hydrogen-bond donors (Lipinski definition) is 0. The van der Waals surface area contributed by atoms with Crippen molar-refractivity contribution in [2.75, 3.05) is 51.8 Å². The quantitative estimate of drug-likeness (QED) is 0.531. The van der Waals surface area contributed by atoms with Gasteiger partial charge in [-0.25, -0.2) is 9.37 Å². The molecule has 0 unspecified atom stereocenters. The molecule has 2 aliphatic rings. The van der Waals surface area contributed by atoms with Crippen molar-refractivity contribution in [3.05, 3.63) is 70.7 Å². The number of ether oxygens (including phenoxy) is 2. The molecule has 3 heterocycles. The van der Waals surface area contributed by atoms with E-state index >= 15 is 0 Å². The van der Waals surface area contributed by atoms with Crippen LogP contribution < -0.4 is 14.4 Å². The van der Waals surface area contributed by atoms with Crippen molar-refractivity contribution in [1.82, 2.24) is 19.8 Å². The van der Waals surface area contributed by atoms with Crippen LogP contribution in [0.2, 0.25) is 0 Å². The lowest BCUT2D eigenvalue weighted by molar-refractivity contribution is 0.234. The Kier molecular flexibility index (Phi) is 6.83. The van der Waals surface area contributed by atoms with Crippen molar-refractivity contribution in [3.8, 4) is 17.4 Å². The summed E-state index contributed by atoms with van der Waals surface area (Å²) in [6.45, 7) is 7.61. The van der Waals surface area contributed by atoms with Gasteiger partial charge >= 0.3 is 0 Å². The zero-order valence-corrected chi connectivity index (χ0v) is 20.6. The van der Waals surface area contributed by atoms with Gasteiger partial charge in [0.2, 0.25) is 11.8 Å². The smallest absolute Gasteiger partial charge is 0.229 e. The fourth-order valence-electron chi connectivity index (χ4n) is 4.67. The molecule has 0 saturated carbocycles. The van der Waals surface area contributed by atoms with Crippen molar-refractivity contribution >= 4 is 5.95 Å². The van der Waals surface area contributed by atoms with Crippen molar-refractivity contribution in [3.63, 3.8) is 0 Å². The Labute approximate surface area is 206 Å². The van der Waals surface area contributed by atoms with Crippen molar-refractivity contribution < 1.29 is 13.9 Å². The molecule has 0 spiro atoms.